The van der Waals surface area contributed by atoms with Crippen molar-refractivity contribution >= 4 is 29.1 Å². The number of hydrogen-bond acceptors (Lipinski definition) is 2. The predicted octanol–water partition coefficient (Wildman–Crippen LogP) is 4.37. The molecule has 1 heterocycles. The molecule has 1 aliphatic rings. The summed E-state index contributed by atoms with van der Waals surface area (Å²) in [5, 5.41) is 4.51. The lowest BCUT2D eigenvalue weighted by Gasteiger charge is -2.30. The summed E-state index contributed by atoms with van der Waals surface area (Å²) < 4.78 is 0. The van der Waals surface area contributed by atoms with Crippen LogP contribution in [-0.2, 0) is 11.3 Å². The first-order chi connectivity index (χ1) is 11.0. The van der Waals surface area contributed by atoms with E-state index in [-0.39, 0.29) is 5.91 Å². The maximum atomic E-state index is 12.6. The highest BCUT2D eigenvalue weighted by molar-refractivity contribution is 6.42. The van der Waals surface area contributed by atoms with Gasteiger partial charge < -0.3 is 10.2 Å². The van der Waals surface area contributed by atoms with E-state index >= 15 is 0 Å². The molecular formula is C18H26Cl2N2O. The Labute approximate surface area is 149 Å². The van der Waals surface area contributed by atoms with Gasteiger partial charge in [-0.3, -0.25) is 4.79 Å². The summed E-state index contributed by atoms with van der Waals surface area (Å²) in [4.78, 5) is 14.5. The highest BCUT2D eigenvalue weighted by atomic mass is 35.5. The lowest BCUT2D eigenvalue weighted by atomic mass is 9.85. The Kier molecular flexibility index (Phi) is 7.19. The van der Waals surface area contributed by atoms with Crippen LogP contribution in [0, 0.1) is 11.8 Å². The van der Waals surface area contributed by atoms with Gasteiger partial charge in [-0.2, -0.15) is 0 Å². The summed E-state index contributed by atoms with van der Waals surface area (Å²) in [5.41, 5.74) is 1.02. The van der Waals surface area contributed by atoms with Crippen molar-refractivity contribution in [3.8, 4) is 0 Å². The number of piperidine rings is 1. The minimum Gasteiger partial charge on any atom is -0.339 e. The van der Waals surface area contributed by atoms with Crippen molar-refractivity contribution in [2.24, 2.45) is 11.8 Å². The molecule has 0 bridgehead atoms. The van der Waals surface area contributed by atoms with E-state index in [0.29, 0.717) is 41.4 Å². The van der Waals surface area contributed by atoms with Crippen LogP contribution >= 0.6 is 23.2 Å². The van der Waals surface area contributed by atoms with Crippen molar-refractivity contribution in [1.29, 1.82) is 0 Å². The zero-order valence-electron chi connectivity index (χ0n) is 13.9. The summed E-state index contributed by atoms with van der Waals surface area (Å²) in [6, 6.07) is 5.56. The van der Waals surface area contributed by atoms with E-state index < -0.39 is 0 Å². The molecular weight excluding hydrogens is 331 g/mol. The maximum Gasteiger partial charge on any atom is 0.223 e. The minimum absolute atomic E-state index is 0.219. The number of nitrogens with zero attached hydrogens (tertiary/aromatic N) is 1. The Morgan fingerprint density at radius 2 is 2.17 bits per heavy atom. The van der Waals surface area contributed by atoms with Crippen LogP contribution in [0.15, 0.2) is 18.2 Å². The third-order valence-electron chi connectivity index (χ3n) is 4.73. The molecule has 23 heavy (non-hydrogen) atoms. The van der Waals surface area contributed by atoms with E-state index in [4.69, 9.17) is 23.2 Å². The lowest BCUT2D eigenvalue weighted by Crippen LogP contribution is -2.37. The molecule has 0 radical (unpaired) electrons. The van der Waals surface area contributed by atoms with E-state index in [2.05, 4.69) is 12.2 Å². The topological polar surface area (TPSA) is 32.3 Å². The van der Waals surface area contributed by atoms with Crippen molar-refractivity contribution in [2.75, 3.05) is 19.6 Å². The van der Waals surface area contributed by atoms with Gasteiger partial charge in [-0.15, -0.1) is 0 Å². The molecule has 1 fully saturated rings. The van der Waals surface area contributed by atoms with Gasteiger partial charge in [0.05, 0.1) is 10.0 Å². The van der Waals surface area contributed by atoms with E-state index in [1.807, 2.05) is 24.0 Å². The van der Waals surface area contributed by atoms with Crippen LogP contribution in [0.25, 0.3) is 0 Å². The molecule has 0 spiro atoms. The first-order valence-electron chi connectivity index (χ1n) is 8.43. The summed E-state index contributed by atoms with van der Waals surface area (Å²) in [6.45, 7) is 7.64. The van der Waals surface area contributed by atoms with Gasteiger partial charge in [0.15, 0.2) is 0 Å². The molecule has 0 aliphatic carbocycles. The molecule has 2 atom stereocenters. The van der Waals surface area contributed by atoms with Gasteiger partial charge in [-0.25, -0.2) is 0 Å². The third-order valence-corrected chi connectivity index (χ3v) is 5.47. The Morgan fingerprint density at radius 3 is 2.78 bits per heavy atom. The van der Waals surface area contributed by atoms with Crippen LogP contribution in [0.3, 0.4) is 0 Å². The number of hydrogen-bond donors (Lipinski definition) is 1. The normalized spacial score (nSPS) is 19.4. The Bertz CT molecular complexity index is 530. The molecule has 2 unspecified atom stereocenters. The fourth-order valence-corrected chi connectivity index (χ4v) is 3.49. The average Bonchev–Trinajstić information content (AvgIpc) is 2.56. The second kappa shape index (κ2) is 8.91. The van der Waals surface area contributed by atoms with Gasteiger partial charge in [0, 0.05) is 19.5 Å². The number of rotatable bonds is 6. The average molecular weight is 357 g/mol. The molecule has 1 N–H and O–H groups in total. The molecule has 1 aromatic rings. The fraction of sp³-hybridized carbons (Fsp3) is 0.611. The van der Waals surface area contributed by atoms with Crippen LogP contribution in [-0.4, -0.2) is 30.4 Å². The highest BCUT2D eigenvalue weighted by Gasteiger charge is 2.24. The number of amides is 1. The largest absolute Gasteiger partial charge is 0.339 e. The Balaban J connectivity index is 1.93. The van der Waals surface area contributed by atoms with E-state index in [0.717, 1.165) is 18.7 Å². The summed E-state index contributed by atoms with van der Waals surface area (Å²) in [6.07, 6.45) is 3.05. The van der Waals surface area contributed by atoms with Crippen LogP contribution in [0.2, 0.25) is 10.0 Å². The summed E-state index contributed by atoms with van der Waals surface area (Å²) in [5.74, 6) is 1.24. The Hall–Kier alpha value is -0.770. The van der Waals surface area contributed by atoms with E-state index in [9.17, 15) is 4.79 Å². The van der Waals surface area contributed by atoms with Gasteiger partial charge in [0.25, 0.3) is 0 Å². The summed E-state index contributed by atoms with van der Waals surface area (Å²) >= 11 is 12.0. The fourth-order valence-electron chi connectivity index (χ4n) is 3.17. The maximum absolute atomic E-state index is 12.6. The number of nitrogens with one attached hydrogen (secondary N) is 1. The van der Waals surface area contributed by atoms with Crippen molar-refractivity contribution in [2.45, 2.75) is 39.7 Å². The zero-order chi connectivity index (χ0) is 16.8. The predicted molar refractivity (Wildman–Crippen MR) is 96.9 cm³/mol. The van der Waals surface area contributed by atoms with E-state index in [1.165, 1.54) is 12.8 Å². The number of carbonyl (C=O) groups is 1. The molecule has 0 saturated carbocycles. The quantitative estimate of drug-likeness (QED) is 0.820. The Morgan fingerprint density at radius 1 is 1.39 bits per heavy atom. The molecule has 2 rings (SSSR count). The SMILES string of the molecule is CCN(Cc1ccc(Cl)c(Cl)c1)C(=O)CC(C)C1CCCNC1. The smallest absolute Gasteiger partial charge is 0.223 e. The van der Waals surface area contributed by atoms with E-state index in [1.54, 1.807) is 6.07 Å². The monoisotopic (exact) mass is 356 g/mol. The summed E-state index contributed by atoms with van der Waals surface area (Å²) in [7, 11) is 0. The van der Waals surface area contributed by atoms with Crippen LogP contribution in [0.1, 0.15) is 38.7 Å². The van der Waals surface area contributed by atoms with Crippen molar-refractivity contribution in [3.05, 3.63) is 33.8 Å². The molecule has 3 nitrogen and oxygen atoms in total. The second-order valence-electron chi connectivity index (χ2n) is 6.44. The number of halogens is 2. The first-order valence-corrected chi connectivity index (χ1v) is 9.19. The third kappa shape index (κ3) is 5.37. The number of carbonyl (C=O) groups excluding carboxylic acids is 1. The van der Waals surface area contributed by atoms with Gasteiger partial charge in [-0.1, -0.05) is 36.2 Å². The molecule has 1 aromatic carbocycles. The highest BCUT2D eigenvalue weighted by Crippen LogP contribution is 2.25. The van der Waals surface area contributed by atoms with Gasteiger partial charge in [-0.05, 0) is 62.4 Å². The number of benzene rings is 1. The molecule has 1 amide bonds. The standard InChI is InChI=1S/C18H26Cl2N2O/c1-3-22(12-14-6-7-16(19)17(20)10-14)18(23)9-13(2)15-5-4-8-21-11-15/h6-7,10,13,15,21H,3-5,8-9,11-12H2,1-2H3. The molecule has 128 valence electrons. The van der Waals surface area contributed by atoms with Crippen molar-refractivity contribution in [1.82, 2.24) is 10.2 Å². The van der Waals surface area contributed by atoms with Crippen molar-refractivity contribution in [3.63, 3.8) is 0 Å². The van der Waals surface area contributed by atoms with Gasteiger partial charge in [0.2, 0.25) is 5.91 Å². The van der Waals surface area contributed by atoms with Gasteiger partial charge in [0.1, 0.15) is 0 Å². The van der Waals surface area contributed by atoms with Crippen LogP contribution in [0.5, 0.6) is 0 Å². The molecule has 1 aliphatic heterocycles. The molecule has 0 aromatic heterocycles. The minimum atomic E-state index is 0.219. The van der Waals surface area contributed by atoms with Crippen LogP contribution in [0.4, 0.5) is 0 Å². The second-order valence-corrected chi connectivity index (χ2v) is 7.26. The zero-order valence-corrected chi connectivity index (χ0v) is 15.5. The lowest BCUT2D eigenvalue weighted by molar-refractivity contribution is -0.133. The van der Waals surface area contributed by atoms with Crippen molar-refractivity contribution < 1.29 is 4.79 Å². The first kappa shape index (κ1) is 18.6. The van der Waals surface area contributed by atoms with Crippen LogP contribution < -0.4 is 5.32 Å². The molecule has 1 saturated heterocycles. The molecule has 5 heteroatoms. The van der Waals surface area contributed by atoms with Gasteiger partial charge >= 0.3 is 0 Å².